The third kappa shape index (κ3) is 5.48. The molecule has 1 aliphatic rings. The molecule has 13 heavy (non-hydrogen) atoms. The molecule has 1 nitrogen and oxygen atoms in total. The molecule has 0 heterocycles. The number of hydrogen-bond acceptors (Lipinski definition) is 1. The third-order valence-electron chi connectivity index (χ3n) is 2.69. The Labute approximate surface area is 90.1 Å². The second-order valence-electron chi connectivity index (χ2n) is 3.94. The first-order chi connectivity index (χ1) is 6.29. The third-order valence-corrected chi connectivity index (χ3v) is 2.97. The zero-order valence-corrected chi connectivity index (χ0v) is 9.91. The summed E-state index contributed by atoms with van der Waals surface area (Å²) in [6.45, 7) is 4.76. The highest BCUT2D eigenvalue weighted by molar-refractivity contribution is 9.11. The van der Waals surface area contributed by atoms with Crippen molar-refractivity contribution in [3.05, 3.63) is 11.1 Å². The minimum atomic E-state index is 0.731. The van der Waals surface area contributed by atoms with Gasteiger partial charge < -0.3 is 5.32 Å². The van der Waals surface area contributed by atoms with Gasteiger partial charge in [0.05, 0.1) is 0 Å². The largest absolute Gasteiger partial charge is 0.309 e. The summed E-state index contributed by atoms with van der Waals surface area (Å²) in [7, 11) is 0. The van der Waals surface area contributed by atoms with Gasteiger partial charge in [0.15, 0.2) is 0 Å². The highest BCUT2D eigenvalue weighted by Crippen LogP contribution is 2.17. The van der Waals surface area contributed by atoms with E-state index in [1.165, 1.54) is 44.9 Å². The Balaban J connectivity index is 2.17. The maximum Gasteiger partial charge on any atom is 0.0268 e. The number of rotatable bonds is 3. The van der Waals surface area contributed by atoms with Crippen LogP contribution in [0.15, 0.2) is 11.1 Å². The van der Waals surface area contributed by atoms with Gasteiger partial charge in [0, 0.05) is 17.1 Å². The van der Waals surface area contributed by atoms with E-state index in [9.17, 15) is 0 Å². The van der Waals surface area contributed by atoms with Crippen molar-refractivity contribution in [2.45, 2.75) is 51.0 Å². The van der Waals surface area contributed by atoms with Gasteiger partial charge >= 0.3 is 0 Å². The molecule has 0 unspecified atom stereocenters. The van der Waals surface area contributed by atoms with E-state index in [0.717, 1.165) is 17.1 Å². The second kappa shape index (κ2) is 6.61. The van der Waals surface area contributed by atoms with Crippen LogP contribution in [-0.4, -0.2) is 12.6 Å². The minimum Gasteiger partial charge on any atom is -0.309 e. The van der Waals surface area contributed by atoms with Crippen LogP contribution in [0.5, 0.6) is 0 Å². The molecule has 1 fully saturated rings. The van der Waals surface area contributed by atoms with Gasteiger partial charge in [-0.15, -0.1) is 0 Å². The van der Waals surface area contributed by atoms with Crippen molar-refractivity contribution in [1.82, 2.24) is 5.32 Å². The van der Waals surface area contributed by atoms with Crippen LogP contribution in [0.1, 0.15) is 44.9 Å². The number of hydrogen-bond donors (Lipinski definition) is 1. The van der Waals surface area contributed by atoms with Gasteiger partial charge in [0.2, 0.25) is 0 Å². The molecule has 76 valence electrons. The highest BCUT2D eigenvalue weighted by Gasteiger charge is 2.09. The Morgan fingerprint density at radius 1 is 1.15 bits per heavy atom. The first-order valence-corrected chi connectivity index (χ1v) is 6.15. The molecule has 0 bridgehead atoms. The Morgan fingerprint density at radius 3 is 2.23 bits per heavy atom. The van der Waals surface area contributed by atoms with Crippen LogP contribution in [0.25, 0.3) is 0 Å². The molecule has 1 rings (SSSR count). The predicted molar refractivity (Wildman–Crippen MR) is 62.2 cm³/mol. The molecule has 1 aliphatic carbocycles. The SMILES string of the molecule is C=C(Br)CNC1CCCCCCC1. The molecule has 1 saturated carbocycles. The fourth-order valence-corrected chi connectivity index (χ4v) is 2.08. The maximum atomic E-state index is 3.84. The smallest absolute Gasteiger partial charge is 0.0268 e. The first kappa shape index (κ1) is 11.3. The molecular formula is C11H20BrN. The lowest BCUT2D eigenvalue weighted by molar-refractivity contribution is 0.401. The lowest BCUT2D eigenvalue weighted by Gasteiger charge is -2.20. The van der Waals surface area contributed by atoms with Crippen LogP contribution in [0.2, 0.25) is 0 Å². The van der Waals surface area contributed by atoms with Crippen molar-refractivity contribution < 1.29 is 0 Å². The highest BCUT2D eigenvalue weighted by atomic mass is 79.9. The molecule has 0 radical (unpaired) electrons. The lowest BCUT2D eigenvalue weighted by atomic mass is 9.97. The molecule has 0 aromatic heterocycles. The fraction of sp³-hybridized carbons (Fsp3) is 0.818. The van der Waals surface area contributed by atoms with E-state index in [-0.39, 0.29) is 0 Å². The average Bonchev–Trinajstić information content (AvgIpc) is 2.01. The molecular weight excluding hydrogens is 226 g/mol. The number of halogens is 1. The molecule has 0 aromatic rings. The number of nitrogens with one attached hydrogen (secondary N) is 1. The van der Waals surface area contributed by atoms with E-state index >= 15 is 0 Å². The second-order valence-corrected chi connectivity index (χ2v) is 5.06. The van der Waals surface area contributed by atoms with E-state index in [0.29, 0.717) is 0 Å². The molecule has 0 saturated heterocycles. The summed E-state index contributed by atoms with van der Waals surface area (Å²) in [6.07, 6.45) is 9.78. The van der Waals surface area contributed by atoms with E-state index in [2.05, 4.69) is 27.8 Å². The summed E-state index contributed by atoms with van der Waals surface area (Å²) in [4.78, 5) is 0. The molecule has 0 amide bonds. The van der Waals surface area contributed by atoms with Crippen molar-refractivity contribution in [3.8, 4) is 0 Å². The van der Waals surface area contributed by atoms with Gasteiger partial charge in [-0.25, -0.2) is 0 Å². The van der Waals surface area contributed by atoms with E-state index in [1.54, 1.807) is 0 Å². The van der Waals surface area contributed by atoms with Gasteiger partial charge in [-0.05, 0) is 12.8 Å². The van der Waals surface area contributed by atoms with Crippen molar-refractivity contribution >= 4 is 15.9 Å². The van der Waals surface area contributed by atoms with Crippen LogP contribution in [-0.2, 0) is 0 Å². The summed E-state index contributed by atoms with van der Waals surface area (Å²) in [6, 6.07) is 0.731. The van der Waals surface area contributed by atoms with E-state index < -0.39 is 0 Å². The molecule has 2 heteroatoms. The standard InChI is InChI=1S/C11H20BrN/c1-10(12)9-13-11-7-5-3-2-4-6-8-11/h11,13H,1-9H2. The van der Waals surface area contributed by atoms with Gasteiger partial charge in [-0.3, -0.25) is 0 Å². The zero-order valence-electron chi connectivity index (χ0n) is 8.32. The van der Waals surface area contributed by atoms with Gasteiger partial charge in [-0.1, -0.05) is 54.6 Å². The average molecular weight is 246 g/mol. The van der Waals surface area contributed by atoms with Gasteiger partial charge in [-0.2, -0.15) is 0 Å². The quantitative estimate of drug-likeness (QED) is 0.802. The minimum absolute atomic E-state index is 0.731. The summed E-state index contributed by atoms with van der Waals surface area (Å²) in [5.74, 6) is 0. The normalized spacial score (nSPS) is 20.7. The van der Waals surface area contributed by atoms with Gasteiger partial charge in [0.1, 0.15) is 0 Å². The van der Waals surface area contributed by atoms with Crippen molar-refractivity contribution in [1.29, 1.82) is 0 Å². The molecule has 0 aromatic carbocycles. The molecule has 1 N–H and O–H groups in total. The Bertz CT molecular complexity index is 148. The van der Waals surface area contributed by atoms with Crippen molar-refractivity contribution in [2.24, 2.45) is 0 Å². The van der Waals surface area contributed by atoms with E-state index in [1.807, 2.05) is 0 Å². The van der Waals surface area contributed by atoms with Crippen LogP contribution in [0.4, 0.5) is 0 Å². The molecule has 0 aliphatic heterocycles. The van der Waals surface area contributed by atoms with Crippen LogP contribution >= 0.6 is 15.9 Å². The Kier molecular flexibility index (Phi) is 5.72. The van der Waals surface area contributed by atoms with Crippen molar-refractivity contribution in [3.63, 3.8) is 0 Å². The maximum absolute atomic E-state index is 3.84. The van der Waals surface area contributed by atoms with Crippen LogP contribution in [0.3, 0.4) is 0 Å². The topological polar surface area (TPSA) is 12.0 Å². The Hall–Kier alpha value is 0.180. The fourth-order valence-electron chi connectivity index (χ4n) is 1.92. The van der Waals surface area contributed by atoms with Crippen molar-refractivity contribution in [2.75, 3.05) is 6.54 Å². The molecule has 0 atom stereocenters. The van der Waals surface area contributed by atoms with E-state index in [4.69, 9.17) is 0 Å². The monoisotopic (exact) mass is 245 g/mol. The summed E-state index contributed by atoms with van der Waals surface area (Å²) < 4.78 is 1.06. The summed E-state index contributed by atoms with van der Waals surface area (Å²) >= 11 is 3.38. The summed E-state index contributed by atoms with van der Waals surface area (Å²) in [5.41, 5.74) is 0. The first-order valence-electron chi connectivity index (χ1n) is 5.35. The zero-order chi connectivity index (χ0) is 9.52. The van der Waals surface area contributed by atoms with Crippen LogP contribution in [0, 0.1) is 0 Å². The molecule has 0 spiro atoms. The predicted octanol–water partition coefficient (Wildman–Crippen LogP) is 3.60. The lowest BCUT2D eigenvalue weighted by Crippen LogP contribution is -2.30. The van der Waals surface area contributed by atoms with Crippen LogP contribution < -0.4 is 5.32 Å². The summed E-state index contributed by atoms with van der Waals surface area (Å²) in [5, 5.41) is 3.54. The van der Waals surface area contributed by atoms with Gasteiger partial charge in [0.25, 0.3) is 0 Å². The Morgan fingerprint density at radius 2 is 1.69 bits per heavy atom.